The van der Waals surface area contributed by atoms with Crippen LogP contribution in [0.5, 0.6) is 11.5 Å². The molecule has 0 bridgehead atoms. The molecule has 2 N–H and O–H groups in total. The Morgan fingerprint density at radius 1 is 0.909 bits per heavy atom. The first-order valence-electron chi connectivity index (χ1n) is 7.13. The Kier molecular flexibility index (Phi) is 2.75. The lowest BCUT2D eigenvalue weighted by Crippen LogP contribution is -2.51. The third kappa shape index (κ3) is 1.82. The number of ether oxygens (including phenoxy) is 2. The minimum absolute atomic E-state index is 0.0986. The number of piperazine rings is 1. The molecule has 7 nitrogen and oxygen atoms in total. The largest absolute Gasteiger partial charge is 0.454 e. The van der Waals surface area contributed by atoms with Crippen LogP contribution < -0.4 is 35.9 Å². The monoisotopic (exact) mass is 301 g/mol. The molecule has 2 heterocycles. The Morgan fingerprint density at radius 2 is 1.59 bits per heavy atom. The molecule has 0 aliphatic carbocycles. The standard InChI is InChI=1S/C15H15N3O4/c16-12-13(15(20)14(12)19)18-5-3-17(4-6-18)9-1-2-10-11(7-9)22-8-21-10/h1-2,7H,3-6,8,16H2. The number of benzene rings is 1. The second-order valence-electron chi connectivity index (χ2n) is 5.43. The van der Waals surface area contributed by atoms with E-state index in [1.165, 1.54) is 0 Å². The van der Waals surface area contributed by atoms with Crippen molar-refractivity contribution in [3.63, 3.8) is 0 Å². The summed E-state index contributed by atoms with van der Waals surface area (Å²) < 4.78 is 10.7. The van der Waals surface area contributed by atoms with Gasteiger partial charge in [0.2, 0.25) is 6.79 Å². The summed E-state index contributed by atoms with van der Waals surface area (Å²) >= 11 is 0. The maximum Gasteiger partial charge on any atom is 0.253 e. The molecule has 2 aromatic rings. The first kappa shape index (κ1) is 13.0. The molecule has 0 aromatic heterocycles. The number of anilines is 3. The Balaban J connectivity index is 1.48. The summed E-state index contributed by atoms with van der Waals surface area (Å²) in [5.41, 5.74) is 6.13. The molecular weight excluding hydrogens is 286 g/mol. The van der Waals surface area contributed by atoms with Crippen LogP contribution >= 0.6 is 0 Å². The molecule has 2 aromatic carbocycles. The van der Waals surface area contributed by atoms with Gasteiger partial charge in [0.25, 0.3) is 10.9 Å². The van der Waals surface area contributed by atoms with Gasteiger partial charge in [0.1, 0.15) is 11.4 Å². The van der Waals surface area contributed by atoms with Crippen molar-refractivity contribution in [3.8, 4) is 11.5 Å². The zero-order valence-electron chi connectivity index (χ0n) is 11.9. The van der Waals surface area contributed by atoms with Crippen molar-refractivity contribution in [1.29, 1.82) is 0 Å². The smallest absolute Gasteiger partial charge is 0.253 e. The molecule has 2 aliphatic heterocycles. The van der Waals surface area contributed by atoms with E-state index in [1.807, 2.05) is 23.1 Å². The Hall–Kier alpha value is -2.70. The summed E-state index contributed by atoms with van der Waals surface area (Å²) in [6.45, 7) is 3.07. The molecule has 0 amide bonds. The predicted molar refractivity (Wildman–Crippen MR) is 82.8 cm³/mol. The highest BCUT2D eigenvalue weighted by molar-refractivity contribution is 5.73. The van der Waals surface area contributed by atoms with Gasteiger partial charge in [0, 0.05) is 37.9 Å². The van der Waals surface area contributed by atoms with E-state index in [-0.39, 0.29) is 12.5 Å². The lowest BCUT2D eigenvalue weighted by molar-refractivity contribution is 0.174. The molecule has 0 unspecified atom stereocenters. The average molecular weight is 301 g/mol. The second kappa shape index (κ2) is 4.66. The van der Waals surface area contributed by atoms with Crippen LogP contribution in [0.2, 0.25) is 0 Å². The predicted octanol–water partition coefficient (Wildman–Crippen LogP) is -0.0799. The van der Waals surface area contributed by atoms with Crippen molar-refractivity contribution < 1.29 is 9.47 Å². The first-order chi connectivity index (χ1) is 10.6. The summed E-state index contributed by atoms with van der Waals surface area (Å²) in [7, 11) is 0. The van der Waals surface area contributed by atoms with E-state index in [2.05, 4.69) is 4.90 Å². The van der Waals surface area contributed by atoms with Crippen molar-refractivity contribution in [1.82, 2.24) is 0 Å². The minimum Gasteiger partial charge on any atom is -0.454 e. The van der Waals surface area contributed by atoms with Gasteiger partial charge in [-0.2, -0.15) is 0 Å². The molecule has 1 saturated heterocycles. The van der Waals surface area contributed by atoms with Gasteiger partial charge in [-0.15, -0.1) is 0 Å². The highest BCUT2D eigenvalue weighted by atomic mass is 16.7. The van der Waals surface area contributed by atoms with Crippen LogP contribution in [0, 0.1) is 0 Å². The van der Waals surface area contributed by atoms with E-state index in [9.17, 15) is 9.59 Å². The molecule has 0 atom stereocenters. The molecule has 4 rings (SSSR count). The van der Waals surface area contributed by atoms with E-state index in [0.29, 0.717) is 18.8 Å². The summed E-state index contributed by atoms with van der Waals surface area (Å²) in [5.74, 6) is 1.52. The maximum atomic E-state index is 11.6. The van der Waals surface area contributed by atoms with Crippen molar-refractivity contribution in [2.45, 2.75) is 0 Å². The number of hydrogen-bond acceptors (Lipinski definition) is 7. The maximum absolute atomic E-state index is 11.6. The molecule has 1 fully saturated rings. The fraction of sp³-hybridized carbons (Fsp3) is 0.333. The third-order valence-corrected chi connectivity index (χ3v) is 4.24. The Labute approximate surface area is 126 Å². The van der Waals surface area contributed by atoms with E-state index in [1.54, 1.807) is 0 Å². The van der Waals surface area contributed by atoms with Crippen molar-refractivity contribution in [2.24, 2.45) is 0 Å². The summed E-state index contributed by atoms with van der Waals surface area (Å²) in [6, 6.07) is 5.86. The number of nitrogen functional groups attached to an aromatic ring is 1. The number of nitrogens with zero attached hydrogens (tertiary/aromatic N) is 2. The Morgan fingerprint density at radius 3 is 2.32 bits per heavy atom. The van der Waals surface area contributed by atoms with E-state index in [0.717, 1.165) is 30.3 Å². The second-order valence-corrected chi connectivity index (χ2v) is 5.43. The van der Waals surface area contributed by atoms with Gasteiger partial charge < -0.3 is 25.0 Å². The molecule has 7 heteroatoms. The van der Waals surface area contributed by atoms with Crippen LogP contribution in [-0.4, -0.2) is 33.0 Å². The lowest BCUT2D eigenvalue weighted by Gasteiger charge is -2.37. The van der Waals surface area contributed by atoms with Crippen molar-refractivity contribution in [2.75, 3.05) is 48.5 Å². The van der Waals surface area contributed by atoms with Crippen LogP contribution in [0.4, 0.5) is 17.1 Å². The zero-order chi connectivity index (χ0) is 15.3. The highest BCUT2D eigenvalue weighted by Gasteiger charge is 2.27. The molecule has 0 spiro atoms. The van der Waals surface area contributed by atoms with Crippen LogP contribution in [0.25, 0.3) is 0 Å². The summed E-state index contributed by atoms with van der Waals surface area (Å²) in [6.07, 6.45) is 0. The van der Waals surface area contributed by atoms with Gasteiger partial charge in [-0.25, -0.2) is 0 Å². The number of fused-ring (bicyclic) bond motifs is 1. The fourth-order valence-corrected chi connectivity index (χ4v) is 2.98. The molecule has 114 valence electrons. The SMILES string of the molecule is Nc1c(N2CCN(c3ccc4c(c3)OCO4)CC2)c(=O)c1=O. The normalized spacial score (nSPS) is 17.3. The van der Waals surface area contributed by atoms with Crippen molar-refractivity contribution in [3.05, 3.63) is 38.6 Å². The first-order valence-corrected chi connectivity index (χ1v) is 7.13. The zero-order valence-corrected chi connectivity index (χ0v) is 11.9. The highest BCUT2D eigenvalue weighted by Crippen LogP contribution is 2.35. The topological polar surface area (TPSA) is 85.1 Å². The summed E-state index contributed by atoms with van der Waals surface area (Å²) in [4.78, 5) is 26.9. The molecule has 2 aliphatic rings. The molecular formula is C15H15N3O4. The van der Waals surface area contributed by atoms with Crippen LogP contribution in [0.3, 0.4) is 0 Å². The average Bonchev–Trinajstić information content (AvgIpc) is 3.03. The van der Waals surface area contributed by atoms with Gasteiger partial charge >= 0.3 is 0 Å². The van der Waals surface area contributed by atoms with Crippen LogP contribution in [0.1, 0.15) is 0 Å². The lowest BCUT2D eigenvalue weighted by atomic mass is 10.1. The Bertz CT molecular complexity index is 802. The molecule has 22 heavy (non-hydrogen) atoms. The molecule has 0 radical (unpaired) electrons. The number of rotatable bonds is 2. The molecule has 0 saturated carbocycles. The minimum atomic E-state index is -0.562. The van der Waals surface area contributed by atoms with E-state index >= 15 is 0 Å². The third-order valence-electron chi connectivity index (χ3n) is 4.24. The number of hydrogen-bond donors (Lipinski definition) is 1. The quantitative estimate of drug-likeness (QED) is 0.777. The van der Waals surface area contributed by atoms with Gasteiger partial charge in [-0.1, -0.05) is 0 Å². The summed E-state index contributed by atoms with van der Waals surface area (Å²) in [5, 5.41) is 0. The van der Waals surface area contributed by atoms with Gasteiger partial charge in [-0.3, -0.25) is 9.59 Å². The van der Waals surface area contributed by atoms with Crippen molar-refractivity contribution >= 4 is 17.1 Å². The van der Waals surface area contributed by atoms with Gasteiger partial charge in [0.05, 0.1) is 0 Å². The van der Waals surface area contributed by atoms with Gasteiger partial charge in [-0.05, 0) is 12.1 Å². The van der Waals surface area contributed by atoms with Crippen LogP contribution in [0.15, 0.2) is 27.8 Å². The van der Waals surface area contributed by atoms with Gasteiger partial charge in [0.15, 0.2) is 11.5 Å². The number of nitrogens with two attached hydrogens (primary N) is 1. The fourth-order valence-electron chi connectivity index (χ4n) is 2.98. The van der Waals surface area contributed by atoms with E-state index < -0.39 is 10.9 Å². The van der Waals surface area contributed by atoms with E-state index in [4.69, 9.17) is 15.2 Å². The van der Waals surface area contributed by atoms with Crippen LogP contribution in [-0.2, 0) is 0 Å².